The highest BCUT2D eigenvalue weighted by molar-refractivity contribution is 6.01. The Morgan fingerprint density at radius 2 is 2.15 bits per heavy atom. The van der Waals surface area contributed by atoms with Crippen molar-refractivity contribution in [1.82, 2.24) is 25.5 Å². The average molecular weight is 469 g/mol. The van der Waals surface area contributed by atoms with Crippen LogP contribution in [-0.4, -0.2) is 53.6 Å². The van der Waals surface area contributed by atoms with Crippen LogP contribution in [0.5, 0.6) is 5.88 Å². The monoisotopic (exact) mass is 468 g/mol. The third-order valence-corrected chi connectivity index (χ3v) is 6.24. The van der Waals surface area contributed by atoms with Gasteiger partial charge in [0.2, 0.25) is 11.8 Å². The van der Waals surface area contributed by atoms with Crippen molar-refractivity contribution in [3.8, 4) is 11.9 Å². The van der Waals surface area contributed by atoms with Crippen LogP contribution in [0.4, 0.5) is 0 Å². The molecule has 2 aromatic heterocycles. The highest BCUT2D eigenvalue weighted by Gasteiger charge is 2.30. The van der Waals surface area contributed by atoms with Crippen LogP contribution in [0, 0.1) is 22.7 Å². The molecule has 9 nitrogen and oxygen atoms in total. The average Bonchev–Trinajstić information content (AvgIpc) is 3.14. The minimum absolute atomic E-state index is 0.212. The fourth-order valence-corrected chi connectivity index (χ4v) is 4.55. The predicted octanol–water partition coefficient (Wildman–Crippen LogP) is 2.51. The summed E-state index contributed by atoms with van der Waals surface area (Å²) in [6.07, 6.45) is 4.78. The van der Waals surface area contributed by atoms with Crippen molar-refractivity contribution in [2.75, 3.05) is 20.2 Å². The largest absolute Gasteiger partial charge is 0.481 e. The minimum atomic E-state index is -0.772. The number of amides is 2. The number of nitrogens with one attached hydrogen (secondary N) is 3. The van der Waals surface area contributed by atoms with Crippen LogP contribution in [0.1, 0.15) is 56.9 Å². The van der Waals surface area contributed by atoms with Crippen LogP contribution in [0.2, 0.25) is 0 Å². The summed E-state index contributed by atoms with van der Waals surface area (Å²) in [5.74, 6) is 0.0886. The molecular formula is C25H36N6O3. The molecule has 0 radical (unpaired) electrons. The van der Waals surface area contributed by atoms with E-state index in [-0.39, 0.29) is 17.2 Å². The number of methoxy groups -OCH3 is 1. The first-order valence-corrected chi connectivity index (χ1v) is 11.8. The standard InChI is InChI=1S/C25H36N6O3/c1-25(2,3)13-19(22(32)29-17(14-26)11-16-7-6-9-27-15-16)30-23(33)21-12-18-20(31(21)4)8-10-28-24(18)34-5/h8,10,12,16-17,19,27H,6-7,9,11,13,15H2,1-5H3,(H,29,32)(H,30,33)/t16-,17-,19-/m0/s1. The first-order chi connectivity index (χ1) is 16.1. The lowest BCUT2D eigenvalue weighted by molar-refractivity contribution is -0.124. The maximum Gasteiger partial charge on any atom is 0.268 e. The number of ether oxygens (including phenoxy) is 1. The zero-order valence-electron chi connectivity index (χ0n) is 20.8. The van der Waals surface area contributed by atoms with Crippen molar-refractivity contribution in [3.05, 3.63) is 24.0 Å². The van der Waals surface area contributed by atoms with Gasteiger partial charge in [-0.05, 0) is 62.2 Å². The Morgan fingerprint density at radius 1 is 1.38 bits per heavy atom. The Hall–Kier alpha value is -3.12. The van der Waals surface area contributed by atoms with Gasteiger partial charge in [0.1, 0.15) is 17.8 Å². The van der Waals surface area contributed by atoms with E-state index in [2.05, 4.69) is 27.0 Å². The molecule has 34 heavy (non-hydrogen) atoms. The Bertz CT molecular complexity index is 1060. The normalized spacial score (nSPS) is 18.1. The lowest BCUT2D eigenvalue weighted by atomic mass is 9.87. The van der Waals surface area contributed by atoms with Gasteiger partial charge in [0, 0.05) is 13.2 Å². The summed E-state index contributed by atoms with van der Waals surface area (Å²) < 4.78 is 7.08. The molecule has 0 unspecified atom stereocenters. The molecule has 3 heterocycles. The zero-order chi connectivity index (χ0) is 24.9. The van der Waals surface area contributed by atoms with Crippen LogP contribution in [0.3, 0.4) is 0 Å². The van der Waals surface area contributed by atoms with Gasteiger partial charge in [-0.1, -0.05) is 20.8 Å². The smallest absolute Gasteiger partial charge is 0.268 e. The quantitative estimate of drug-likeness (QED) is 0.547. The van der Waals surface area contributed by atoms with Gasteiger partial charge in [-0.2, -0.15) is 5.26 Å². The molecule has 1 aliphatic heterocycles. The molecule has 0 aliphatic carbocycles. The SMILES string of the molecule is COc1nccc2c1cc(C(=O)N[C@@H](CC(C)(C)C)C(=O)N[C@H](C#N)C[C@@H]1CCCNC1)n2C. The Morgan fingerprint density at radius 3 is 2.76 bits per heavy atom. The molecule has 2 amide bonds. The molecule has 1 aliphatic rings. The van der Waals surface area contributed by atoms with E-state index < -0.39 is 12.1 Å². The zero-order valence-corrected chi connectivity index (χ0v) is 20.8. The number of aromatic nitrogens is 2. The van der Waals surface area contributed by atoms with Gasteiger partial charge < -0.3 is 25.3 Å². The second-order valence-corrected chi connectivity index (χ2v) is 10.3. The fraction of sp³-hybridized carbons (Fsp3) is 0.600. The molecule has 0 saturated carbocycles. The van der Waals surface area contributed by atoms with Crippen molar-refractivity contribution >= 4 is 22.7 Å². The van der Waals surface area contributed by atoms with Gasteiger partial charge in [-0.25, -0.2) is 4.98 Å². The molecule has 9 heteroatoms. The second-order valence-electron chi connectivity index (χ2n) is 10.3. The number of hydrogen-bond donors (Lipinski definition) is 3. The molecule has 3 atom stereocenters. The number of aryl methyl sites for hydroxylation is 1. The summed E-state index contributed by atoms with van der Waals surface area (Å²) in [4.78, 5) is 30.7. The van der Waals surface area contributed by atoms with Crippen LogP contribution >= 0.6 is 0 Å². The molecule has 3 rings (SSSR count). The number of fused-ring (bicyclic) bond motifs is 1. The molecular weight excluding hydrogens is 432 g/mol. The van der Waals surface area contributed by atoms with Crippen molar-refractivity contribution in [3.63, 3.8) is 0 Å². The minimum Gasteiger partial charge on any atom is -0.481 e. The molecule has 1 saturated heterocycles. The lowest BCUT2D eigenvalue weighted by Gasteiger charge is -2.28. The molecule has 1 fully saturated rings. The summed E-state index contributed by atoms with van der Waals surface area (Å²) >= 11 is 0. The summed E-state index contributed by atoms with van der Waals surface area (Å²) in [6, 6.07) is 4.39. The maximum absolute atomic E-state index is 13.3. The molecule has 0 aromatic carbocycles. The number of nitrogens with zero attached hydrogens (tertiary/aromatic N) is 3. The maximum atomic E-state index is 13.3. The number of pyridine rings is 1. The van der Waals surface area contributed by atoms with E-state index in [4.69, 9.17) is 4.74 Å². The number of hydrogen-bond acceptors (Lipinski definition) is 6. The highest BCUT2D eigenvalue weighted by Crippen LogP contribution is 2.27. The molecule has 0 bridgehead atoms. The molecule has 0 spiro atoms. The Labute approximate surface area is 201 Å². The molecule has 3 N–H and O–H groups in total. The van der Waals surface area contributed by atoms with Crippen LogP contribution in [0.25, 0.3) is 10.9 Å². The van der Waals surface area contributed by atoms with Gasteiger partial charge in [-0.15, -0.1) is 0 Å². The number of nitriles is 1. The van der Waals surface area contributed by atoms with Gasteiger partial charge in [0.15, 0.2) is 0 Å². The van der Waals surface area contributed by atoms with E-state index >= 15 is 0 Å². The van der Waals surface area contributed by atoms with Crippen molar-refractivity contribution in [1.29, 1.82) is 5.26 Å². The molecule has 2 aromatic rings. The van der Waals surface area contributed by atoms with E-state index in [9.17, 15) is 14.9 Å². The molecule has 184 valence electrons. The number of carbonyl (C=O) groups is 2. The predicted molar refractivity (Wildman–Crippen MR) is 130 cm³/mol. The van der Waals surface area contributed by atoms with E-state index in [1.54, 1.807) is 23.9 Å². The second kappa shape index (κ2) is 10.9. The van der Waals surface area contributed by atoms with Crippen molar-refractivity contribution in [2.24, 2.45) is 18.4 Å². The Balaban J connectivity index is 1.77. The number of piperidine rings is 1. The third-order valence-electron chi connectivity index (χ3n) is 6.24. The first-order valence-electron chi connectivity index (χ1n) is 11.8. The van der Waals surface area contributed by atoms with Crippen LogP contribution in [-0.2, 0) is 11.8 Å². The summed E-state index contributed by atoms with van der Waals surface area (Å²) in [7, 11) is 3.33. The van der Waals surface area contributed by atoms with E-state index in [0.717, 1.165) is 36.8 Å². The van der Waals surface area contributed by atoms with Crippen molar-refractivity contribution < 1.29 is 14.3 Å². The highest BCUT2D eigenvalue weighted by atomic mass is 16.5. The summed E-state index contributed by atoms with van der Waals surface area (Å²) in [5, 5.41) is 19.5. The van der Waals surface area contributed by atoms with E-state index in [1.807, 2.05) is 26.8 Å². The van der Waals surface area contributed by atoms with Gasteiger partial charge in [-0.3, -0.25) is 9.59 Å². The fourth-order valence-electron chi connectivity index (χ4n) is 4.55. The van der Waals surface area contributed by atoms with Gasteiger partial charge in [0.05, 0.1) is 24.1 Å². The summed E-state index contributed by atoms with van der Waals surface area (Å²) in [6.45, 7) is 7.90. The van der Waals surface area contributed by atoms with Crippen molar-refractivity contribution in [2.45, 2.75) is 58.5 Å². The summed E-state index contributed by atoms with van der Waals surface area (Å²) in [5.41, 5.74) is 0.995. The van der Waals surface area contributed by atoms with Gasteiger partial charge in [0.25, 0.3) is 5.91 Å². The lowest BCUT2D eigenvalue weighted by Crippen LogP contribution is -2.51. The first kappa shape index (κ1) is 25.5. The van der Waals surface area contributed by atoms with E-state index in [1.165, 1.54) is 7.11 Å². The Kier molecular flexibility index (Phi) is 8.15. The third kappa shape index (κ3) is 6.26. The van der Waals surface area contributed by atoms with E-state index in [0.29, 0.717) is 30.3 Å². The topological polar surface area (TPSA) is 121 Å². The van der Waals surface area contributed by atoms with Crippen LogP contribution in [0.15, 0.2) is 18.3 Å². The van der Waals surface area contributed by atoms with Gasteiger partial charge >= 0.3 is 0 Å². The van der Waals surface area contributed by atoms with Crippen LogP contribution < -0.4 is 20.7 Å². The number of carbonyl (C=O) groups excluding carboxylic acids is 2. The number of rotatable bonds is 8.